The summed E-state index contributed by atoms with van der Waals surface area (Å²) in [7, 11) is 1.52. The van der Waals surface area contributed by atoms with E-state index in [0.29, 0.717) is 5.75 Å². The molecule has 0 spiro atoms. The summed E-state index contributed by atoms with van der Waals surface area (Å²) in [6, 6.07) is 11.1. The number of aromatic nitrogens is 4. The molecule has 4 rings (SSSR count). The maximum absolute atomic E-state index is 10.0. The number of benzene rings is 2. The number of phenols is 1. The maximum Gasteiger partial charge on any atom is 0.160 e. The highest BCUT2D eigenvalue weighted by Crippen LogP contribution is 2.31. The molecule has 0 aliphatic heterocycles. The number of ether oxygens (including phenoxy) is 1. The second-order valence-electron chi connectivity index (χ2n) is 5.24. The van der Waals surface area contributed by atoms with Crippen LogP contribution in [0, 0.1) is 0 Å². The van der Waals surface area contributed by atoms with Gasteiger partial charge in [0.1, 0.15) is 5.82 Å². The number of hydrogen-bond acceptors (Lipinski definition) is 5. The van der Waals surface area contributed by atoms with Crippen LogP contribution in [-0.4, -0.2) is 31.7 Å². The van der Waals surface area contributed by atoms with Crippen LogP contribution in [0.4, 0.5) is 0 Å². The van der Waals surface area contributed by atoms with Gasteiger partial charge in [0.25, 0.3) is 0 Å². The molecule has 0 bridgehead atoms. The zero-order valence-corrected chi connectivity index (χ0v) is 12.9. The van der Waals surface area contributed by atoms with Gasteiger partial charge in [-0.1, -0.05) is 0 Å². The third-order valence-electron chi connectivity index (χ3n) is 3.81. The fourth-order valence-corrected chi connectivity index (χ4v) is 2.66. The second kappa shape index (κ2) is 5.66. The van der Waals surface area contributed by atoms with Gasteiger partial charge in [0.05, 0.1) is 18.1 Å². The lowest BCUT2D eigenvalue weighted by molar-refractivity contribution is 0.373. The Bertz CT molecular complexity index is 1030. The van der Waals surface area contributed by atoms with Gasteiger partial charge in [-0.25, -0.2) is 4.98 Å². The van der Waals surface area contributed by atoms with Gasteiger partial charge in [-0.05, 0) is 36.4 Å². The molecule has 0 atom stereocenters. The van der Waals surface area contributed by atoms with E-state index in [1.54, 1.807) is 30.7 Å². The molecule has 2 heterocycles. The topological polar surface area (TPSA) is 73.1 Å². The molecule has 1 N–H and O–H groups in total. The second-order valence-corrected chi connectivity index (χ2v) is 5.24. The van der Waals surface area contributed by atoms with Crippen LogP contribution in [0.2, 0.25) is 0 Å². The summed E-state index contributed by atoms with van der Waals surface area (Å²) in [6.07, 6.45) is 6.93. The number of fused-ring (bicyclic) bond motifs is 1. The summed E-state index contributed by atoms with van der Waals surface area (Å²) in [5, 5.41) is 10.0. The largest absolute Gasteiger partial charge is 0.504 e. The van der Waals surface area contributed by atoms with E-state index in [-0.39, 0.29) is 5.75 Å². The van der Waals surface area contributed by atoms with Crippen LogP contribution in [-0.2, 0) is 0 Å². The predicted octanol–water partition coefficient (Wildman–Crippen LogP) is 3.20. The third kappa shape index (κ3) is 2.34. The molecule has 2 aromatic heterocycles. The number of nitrogens with zero attached hydrogens (tertiary/aromatic N) is 4. The van der Waals surface area contributed by atoms with Crippen molar-refractivity contribution in [3.8, 4) is 28.6 Å². The molecule has 4 aromatic rings. The summed E-state index contributed by atoms with van der Waals surface area (Å²) < 4.78 is 7.03. The Labute approximate surface area is 138 Å². The maximum atomic E-state index is 10.0. The Morgan fingerprint density at radius 1 is 0.917 bits per heavy atom. The summed E-state index contributed by atoms with van der Waals surface area (Å²) >= 11 is 0. The SMILES string of the molecule is COc1ccc(-c2nccn2-c2ccc3nccnc3c2)cc1O. The molecule has 0 aliphatic carbocycles. The summed E-state index contributed by atoms with van der Waals surface area (Å²) in [5.41, 5.74) is 3.36. The van der Waals surface area contributed by atoms with Crippen LogP contribution >= 0.6 is 0 Å². The Morgan fingerprint density at radius 2 is 1.75 bits per heavy atom. The van der Waals surface area contributed by atoms with E-state index in [2.05, 4.69) is 15.0 Å². The van der Waals surface area contributed by atoms with Crippen LogP contribution in [0.15, 0.2) is 61.2 Å². The van der Waals surface area contributed by atoms with E-state index in [1.165, 1.54) is 7.11 Å². The van der Waals surface area contributed by atoms with Gasteiger partial charge in [0, 0.05) is 36.0 Å². The molecule has 0 saturated heterocycles. The van der Waals surface area contributed by atoms with Gasteiger partial charge in [0.15, 0.2) is 11.5 Å². The highest BCUT2D eigenvalue weighted by molar-refractivity contribution is 5.77. The number of imidazole rings is 1. The van der Waals surface area contributed by atoms with E-state index in [1.807, 2.05) is 35.0 Å². The van der Waals surface area contributed by atoms with E-state index in [4.69, 9.17) is 4.74 Å². The van der Waals surface area contributed by atoms with E-state index in [0.717, 1.165) is 28.1 Å². The molecule has 0 fully saturated rings. The minimum absolute atomic E-state index is 0.0777. The van der Waals surface area contributed by atoms with Gasteiger partial charge >= 0.3 is 0 Å². The number of methoxy groups -OCH3 is 1. The van der Waals surface area contributed by atoms with Crippen molar-refractivity contribution in [2.45, 2.75) is 0 Å². The van der Waals surface area contributed by atoms with Crippen LogP contribution in [0.1, 0.15) is 0 Å². The van der Waals surface area contributed by atoms with Crippen molar-refractivity contribution < 1.29 is 9.84 Å². The molecule has 118 valence electrons. The Kier molecular flexibility index (Phi) is 3.35. The van der Waals surface area contributed by atoms with E-state index in [9.17, 15) is 5.11 Å². The highest BCUT2D eigenvalue weighted by Gasteiger charge is 2.11. The zero-order valence-electron chi connectivity index (χ0n) is 12.9. The molecule has 6 nitrogen and oxygen atoms in total. The molecule has 0 saturated carbocycles. The molecule has 0 amide bonds. The van der Waals surface area contributed by atoms with Gasteiger partial charge in [0.2, 0.25) is 0 Å². The lowest BCUT2D eigenvalue weighted by Crippen LogP contribution is -1.97. The molecule has 0 aliphatic rings. The van der Waals surface area contributed by atoms with Crippen molar-refractivity contribution in [3.63, 3.8) is 0 Å². The molecule has 6 heteroatoms. The quantitative estimate of drug-likeness (QED) is 0.628. The van der Waals surface area contributed by atoms with Crippen molar-refractivity contribution in [2.24, 2.45) is 0 Å². The van der Waals surface area contributed by atoms with Crippen LogP contribution in [0.5, 0.6) is 11.5 Å². The monoisotopic (exact) mass is 318 g/mol. The number of aromatic hydroxyl groups is 1. The first-order chi connectivity index (χ1) is 11.8. The molecular formula is C18H14N4O2. The normalized spacial score (nSPS) is 10.9. The van der Waals surface area contributed by atoms with Crippen LogP contribution in [0.25, 0.3) is 28.1 Å². The number of phenolic OH excluding ortho intramolecular Hbond substituents is 1. The first-order valence-electron chi connectivity index (χ1n) is 7.38. The predicted molar refractivity (Wildman–Crippen MR) is 90.3 cm³/mol. The Balaban J connectivity index is 1.83. The Morgan fingerprint density at radius 3 is 2.54 bits per heavy atom. The van der Waals surface area contributed by atoms with Crippen molar-refractivity contribution in [1.29, 1.82) is 0 Å². The number of hydrogen-bond donors (Lipinski definition) is 1. The summed E-state index contributed by atoms with van der Waals surface area (Å²) in [6.45, 7) is 0. The fourth-order valence-electron chi connectivity index (χ4n) is 2.66. The lowest BCUT2D eigenvalue weighted by Gasteiger charge is -2.10. The van der Waals surface area contributed by atoms with Crippen molar-refractivity contribution in [3.05, 3.63) is 61.2 Å². The first kappa shape index (κ1) is 14.2. The van der Waals surface area contributed by atoms with Gasteiger partial charge < -0.3 is 9.84 Å². The minimum atomic E-state index is 0.0777. The van der Waals surface area contributed by atoms with Crippen molar-refractivity contribution in [2.75, 3.05) is 7.11 Å². The fraction of sp³-hybridized carbons (Fsp3) is 0.0556. The molecule has 0 unspecified atom stereocenters. The van der Waals surface area contributed by atoms with E-state index < -0.39 is 0 Å². The van der Waals surface area contributed by atoms with Crippen molar-refractivity contribution in [1.82, 2.24) is 19.5 Å². The van der Waals surface area contributed by atoms with Crippen LogP contribution < -0.4 is 4.74 Å². The number of rotatable bonds is 3. The lowest BCUT2D eigenvalue weighted by atomic mass is 10.2. The molecular weight excluding hydrogens is 304 g/mol. The third-order valence-corrected chi connectivity index (χ3v) is 3.81. The van der Waals surface area contributed by atoms with Gasteiger partial charge in [-0.15, -0.1) is 0 Å². The van der Waals surface area contributed by atoms with Gasteiger partial charge in [-0.3, -0.25) is 14.5 Å². The Hall–Kier alpha value is -3.41. The molecule has 24 heavy (non-hydrogen) atoms. The zero-order chi connectivity index (χ0) is 16.5. The first-order valence-corrected chi connectivity index (χ1v) is 7.38. The standard InChI is InChI=1S/C18H14N4O2/c1-24-17-5-2-12(10-16(17)23)18-21-8-9-22(18)13-3-4-14-15(11-13)20-7-6-19-14/h2-11,23H,1H3. The molecule has 2 aromatic carbocycles. The van der Waals surface area contributed by atoms with Crippen molar-refractivity contribution >= 4 is 11.0 Å². The van der Waals surface area contributed by atoms with E-state index >= 15 is 0 Å². The highest BCUT2D eigenvalue weighted by atomic mass is 16.5. The smallest absolute Gasteiger partial charge is 0.160 e. The van der Waals surface area contributed by atoms with Crippen LogP contribution in [0.3, 0.4) is 0 Å². The van der Waals surface area contributed by atoms with Gasteiger partial charge in [-0.2, -0.15) is 0 Å². The summed E-state index contributed by atoms with van der Waals surface area (Å²) in [4.78, 5) is 13.0. The average molecular weight is 318 g/mol. The minimum Gasteiger partial charge on any atom is -0.504 e. The summed E-state index contributed by atoms with van der Waals surface area (Å²) in [5.74, 6) is 1.22. The average Bonchev–Trinajstić information content (AvgIpc) is 3.11. The molecule has 0 radical (unpaired) electrons.